The molecule has 0 bridgehead atoms. The van der Waals surface area contributed by atoms with Crippen LogP contribution in [0.2, 0.25) is 10.0 Å². The lowest BCUT2D eigenvalue weighted by molar-refractivity contribution is -0.172. The topological polar surface area (TPSA) is 63.7 Å². The Balaban J connectivity index is 2.14. The maximum absolute atomic E-state index is 11.7. The molecule has 1 aliphatic heterocycles. The van der Waals surface area contributed by atoms with Gasteiger partial charge in [0.05, 0.1) is 15.6 Å². The number of nitrogens with zero attached hydrogens (tertiary/aromatic N) is 1. The van der Waals surface area contributed by atoms with Crippen LogP contribution in [0.4, 0.5) is 0 Å². The van der Waals surface area contributed by atoms with Gasteiger partial charge in [-0.15, -0.1) is 5.06 Å². The molecule has 94 valence electrons. The van der Waals surface area contributed by atoms with E-state index in [1.165, 1.54) is 18.2 Å². The second-order valence-electron chi connectivity index (χ2n) is 3.59. The van der Waals surface area contributed by atoms with Crippen LogP contribution in [0.1, 0.15) is 23.2 Å². The average molecular weight is 288 g/mol. The average Bonchev–Trinajstić information content (AvgIpc) is 2.64. The molecular weight excluding hydrogens is 281 g/mol. The van der Waals surface area contributed by atoms with E-state index in [0.29, 0.717) is 10.1 Å². The van der Waals surface area contributed by atoms with Gasteiger partial charge in [-0.05, 0) is 18.2 Å². The van der Waals surface area contributed by atoms with E-state index in [9.17, 15) is 14.4 Å². The van der Waals surface area contributed by atoms with Crippen LogP contribution in [0.5, 0.6) is 0 Å². The highest BCUT2D eigenvalue weighted by Gasteiger charge is 2.33. The Morgan fingerprint density at radius 3 is 2.28 bits per heavy atom. The Morgan fingerprint density at radius 2 is 1.72 bits per heavy atom. The summed E-state index contributed by atoms with van der Waals surface area (Å²) in [5, 5.41) is 0.955. The van der Waals surface area contributed by atoms with Gasteiger partial charge in [-0.3, -0.25) is 9.59 Å². The van der Waals surface area contributed by atoms with Crippen molar-refractivity contribution in [2.75, 3.05) is 0 Å². The summed E-state index contributed by atoms with van der Waals surface area (Å²) in [5.41, 5.74) is 0.108. The molecule has 1 heterocycles. The van der Waals surface area contributed by atoms with Gasteiger partial charge in [-0.25, -0.2) is 4.79 Å². The highest BCUT2D eigenvalue weighted by atomic mass is 35.5. The van der Waals surface area contributed by atoms with Crippen LogP contribution in [0, 0.1) is 0 Å². The zero-order valence-electron chi connectivity index (χ0n) is 8.98. The minimum atomic E-state index is -0.836. The highest BCUT2D eigenvalue weighted by molar-refractivity contribution is 6.42. The molecule has 0 aromatic heterocycles. The summed E-state index contributed by atoms with van der Waals surface area (Å²) in [6, 6.07) is 4.12. The number of benzene rings is 1. The second-order valence-corrected chi connectivity index (χ2v) is 4.40. The van der Waals surface area contributed by atoms with Crippen molar-refractivity contribution in [3.63, 3.8) is 0 Å². The van der Waals surface area contributed by atoms with Crippen LogP contribution >= 0.6 is 23.2 Å². The predicted octanol–water partition coefficient (Wildman–Crippen LogP) is 2.21. The van der Waals surface area contributed by atoms with Gasteiger partial charge in [0.25, 0.3) is 11.8 Å². The van der Waals surface area contributed by atoms with Gasteiger partial charge in [0.2, 0.25) is 0 Å². The Labute approximate surface area is 112 Å². The number of hydrogen-bond acceptors (Lipinski definition) is 4. The number of carbonyl (C=O) groups excluding carboxylic acids is 3. The van der Waals surface area contributed by atoms with Crippen LogP contribution in [0.15, 0.2) is 18.2 Å². The van der Waals surface area contributed by atoms with Crippen LogP contribution in [0.3, 0.4) is 0 Å². The van der Waals surface area contributed by atoms with Crippen molar-refractivity contribution < 1.29 is 19.2 Å². The maximum atomic E-state index is 11.7. The van der Waals surface area contributed by atoms with Gasteiger partial charge in [-0.2, -0.15) is 0 Å². The van der Waals surface area contributed by atoms with Gasteiger partial charge in [0.15, 0.2) is 0 Å². The lowest BCUT2D eigenvalue weighted by Gasteiger charge is -2.12. The first-order valence-corrected chi connectivity index (χ1v) is 5.78. The molecule has 0 aliphatic carbocycles. The molecule has 1 aromatic carbocycles. The number of halogens is 2. The fraction of sp³-hybridized carbons (Fsp3) is 0.182. The first kappa shape index (κ1) is 12.9. The van der Waals surface area contributed by atoms with E-state index in [2.05, 4.69) is 0 Å². The lowest BCUT2D eigenvalue weighted by Crippen LogP contribution is -2.32. The van der Waals surface area contributed by atoms with Crippen LogP contribution < -0.4 is 0 Å². The monoisotopic (exact) mass is 287 g/mol. The molecule has 0 saturated carbocycles. The zero-order valence-corrected chi connectivity index (χ0v) is 10.5. The molecule has 0 N–H and O–H groups in total. The van der Waals surface area contributed by atoms with E-state index in [0.717, 1.165) is 0 Å². The molecule has 1 saturated heterocycles. The third-order valence-corrected chi connectivity index (χ3v) is 3.07. The van der Waals surface area contributed by atoms with Crippen LogP contribution in [-0.4, -0.2) is 22.8 Å². The zero-order chi connectivity index (χ0) is 13.3. The summed E-state index contributed by atoms with van der Waals surface area (Å²) in [5.74, 6) is -1.90. The molecule has 2 rings (SSSR count). The molecular formula is C11H7Cl2NO4. The molecule has 0 spiro atoms. The highest BCUT2D eigenvalue weighted by Crippen LogP contribution is 2.23. The van der Waals surface area contributed by atoms with Gasteiger partial charge in [0.1, 0.15) is 0 Å². The number of carbonyl (C=O) groups is 3. The third-order valence-electron chi connectivity index (χ3n) is 2.34. The summed E-state index contributed by atoms with van der Waals surface area (Å²) >= 11 is 11.4. The Morgan fingerprint density at radius 1 is 1.11 bits per heavy atom. The van der Waals surface area contributed by atoms with E-state index in [1.54, 1.807) is 0 Å². The van der Waals surface area contributed by atoms with Crippen LogP contribution in [0.25, 0.3) is 0 Å². The minimum absolute atomic E-state index is 0.0491. The number of imide groups is 1. The number of rotatable bonds is 2. The Bertz CT molecular complexity index is 528. The minimum Gasteiger partial charge on any atom is -0.325 e. The van der Waals surface area contributed by atoms with E-state index in [4.69, 9.17) is 28.0 Å². The molecule has 7 heteroatoms. The van der Waals surface area contributed by atoms with Gasteiger partial charge < -0.3 is 4.84 Å². The summed E-state index contributed by atoms with van der Waals surface area (Å²) in [6.45, 7) is 0. The van der Waals surface area contributed by atoms with Crippen LogP contribution in [-0.2, 0) is 14.4 Å². The van der Waals surface area contributed by atoms with E-state index >= 15 is 0 Å². The Hall–Kier alpha value is -1.59. The molecule has 0 radical (unpaired) electrons. The molecule has 2 amide bonds. The first-order valence-electron chi connectivity index (χ1n) is 5.02. The number of hydroxylamine groups is 2. The molecule has 18 heavy (non-hydrogen) atoms. The van der Waals surface area contributed by atoms with E-state index in [1.807, 2.05) is 0 Å². The van der Waals surface area contributed by atoms with E-state index < -0.39 is 17.8 Å². The SMILES string of the molecule is O=C(ON1C(=O)CCC1=O)c1ccc(Cl)c(Cl)c1. The van der Waals surface area contributed by atoms with Gasteiger partial charge >= 0.3 is 5.97 Å². The third kappa shape index (κ3) is 2.47. The summed E-state index contributed by atoms with van der Waals surface area (Å²) in [7, 11) is 0. The fourth-order valence-electron chi connectivity index (χ4n) is 1.42. The van der Waals surface area contributed by atoms with Crippen molar-refractivity contribution in [1.82, 2.24) is 5.06 Å². The molecule has 0 atom stereocenters. The molecule has 1 aromatic rings. The van der Waals surface area contributed by atoms with Crippen molar-refractivity contribution >= 4 is 41.0 Å². The van der Waals surface area contributed by atoms with Gasteiger partial charge in [-0.1, -0.05) is 23.2 Å². The number of amides is 2. The smallest absolute Gasteiger partial charge is 0.325 e. The standard InChI is InChI=1S/C11H7Cl2NO4/c12-7-2-1-6(5-8(7)13)11(17)18-14-9(15)3-4-10(14)16/h1-2,5H,3-4H2. The normalized spacial score (nSPS) is 15.1. The quantitative estimate of drug-likeness (QED) is 0.783. The first-order chi connectivity index (χ1) is 8.49. The summed E-state index contributed by atoms with van der Waals surface area (Å²) in [4.78, 5) is 38.9. The van der Waals surface area contributed by atoms with Gasteiger partial charge in [0, 0.05) is 12.8 Å². The largest absolute Gasteiger partial charge is 0.363 e. The fourth-order valence-corrected chi connectivity index (χ4v) is 1.71. The van der Waals surface area contributed by atoms with Crippen molar-refractivity contribution in [3.8, 4) is 0 Å². The molecule has 5 nitrogen and oxygen atoms in total. The summed E-state index contributed by atoms with van der Waals surface area (Å²) in [6.07, 6.45) is 0.0982. The summed E-state index contributed by atoms with van der Waals surface area (Å²) < 4.78 is 0. The molecule has 1 fully saturated rings. The lowest BCUT2D eigenvalue weighted by atomic mass is 10.2. The van der Waals surface area contributed by atoms with Crippen molar-refractivity contribution in [3.05, 3.63) is 33.8 Å². The van der Waals surface area contributed by atoms with Crippen molar-refractivity contribution in [2.24, 2.45) is 0 Å². The molecule has 1 aliphatic rings. The number of hydrogen-bond donors (Lipinski definition) is 0. The van der Waals surface area contributed by atoms with Crippen molar-refractivity contribution in [1.29, 1.82) is 0 Å². The predicted molar refractivity (Wildman–Crippen MR) is 63.0 cm³/mol. The Kier molecular flexibility index (Phi) is 3.54. The van der Waals surface area contributed by atoms with E-state index in [-0.39, 0.29) is 23.4 Å². The maximum Gasteiger partial charge on any atom is 0.363 e. The van der Waals surface area contributed by atoms with Crippen molar-refractivity contribution in [2.45, 2.75) is 12.8 Å². The second kappa shape index (κ2) is 4.96. The molecule has 0 unspecified atom stereocenters.